The lowest BCUT2D eigenvalue weighted by Gasteiger charge is -2.16. The summed E-state index contributed by atoms with van der Waals surface area (Å²) < 4.78 is 0. The average Bonchev–Trinajstić information content (AvgIpc) is 3.01. The number of aryl methyl sites for hydroxylation is 1. The Bertz CT molecular complexity index is 619. The van der Waals surface area contributed by atoms with Crippen molar-refractivity contribution in [2.75, 3.05) is 11.9 Å². The summed E-state index contributed by atoms with van der Waals surface area (Å²) in [6.07, 6.45) is 3.41. The number of carbonyl (C=O) groups excluding carboxylic acids is 1. The molecule has 2 rings (SSSR count). The van der Waals surface area contributed by atoms with Crippen molar-refractivity contribution in [3.05, 3.63) is 51.7 Å². The van der Waals surface area contributed by atoms with E-state index < -0.39 is 0 Å². The Labute approximate surface area is 128 Å². The van der Waals surface area contributed by atoms with Crippen molar-refractivity contribution in [3.63, 3.8) is 0 Å². The van der Waals surface area contributed by atoms with Crippen LogP contribution in [0.1, 0.15) is 35.0 Å². The molecule has 1 aromatic carbocycles. The summed E-state index contributed by atoms with van der Waals surface area (Å²) in [7, 11) is 1.73. The van der Waals surface area contributed by atoms with Gasteiger partial charge in [0.15, 0.2) is 5.00 Å². The third-order valence-corrected chi connectivity index (χ3v) is 4.29. The molecule has 1 heterocycles. The maximum atomic E-state index is 12.3. The summed E-state index contributed by atoms with van der Waals surface area (Å²) in [5.74, 6) is -0.129. The minimum atomic E-state index is -0.129. The minimum absolute atomic E-state index is 0.129. The van der Waals surface area contributed by atoms with E-state index in [9.17, 15) is 9.70 Å². The van der Waals surface area contributed by atoms with E-state index in [2.05, 4.69) is 24.2 Å². The number of nitroso groups, excluding NO2 is 1. The van der Waals surface area contributed by atoms with Gasteiger partial charge in [0.1, 0.15) is 0 Å². The van der Waals surface area contributed by atoms with Crippen molar-refractivity contribution < 1.29 is 4.79 Å². The normalized spacial score (nSPS) is 10.4. The number of carbonyl (C=O) groups is 1. The zero-order valence-electron chi connectivity index (χ0n) is 12.2. The van der Waals surface area contributed by atoms with Crippen LogP contribution in [0, 0.1) is 4.91 Å². The monoisotopic (exact) mass is 302 g/mol. The highest BCUT2D eigenvalue weighted by Crippen LogP contribution is 2.26. The molecule has 0 saturated carbocycles. The summed E-state index contributed by atoms with van der Waals surface area (Å²) in [6.45, 7) is 2.17. The van der Waals surface area contributed by atoms with Crippen molar-refractivity contribution in [2.45, 2.75) is 26.2 Å². The van der Waals surface area contributed by atoms with Crippen molar-refractivity contribution in [1.82, 2.24) is 0 Å². The molecule has 0 bridgehead atoms. The van der Waals surface area contributed by atoms with Crippen LogP contribution < -0.4 is 4.90 Å². The van der Waals surface area contributed by atoms with Crippen LogP contribution >= 0.6 is 11.3 Å². The highest BCUT2D eigenvalue weighted by atomic mass is 32.1. The first-order valence-corrected chi connectivity index (χ1v) is 7.77. The van der Waals surface area contributed by atoms with Crippen LogP contribution in [0.4, 0.5) is 10.7 Å². The zero-order chi connectivity index (χ0) is 15.2. The second-order valence-electron chi connectivity index (χ2n) is 4.86. The maximum Gasteiger partial charge on any atom is 0.268 e. The molecule has 2 aromatic rings. The molecule has 0 unspecified atom stereocenters. The summed E-state index contributed by atoms with van der Waals surface area (Å²) in [4.78, 5) is 24.9. The largest absolute Gasteiger partial charge is 0.311 e. The number of rotatable bonds is 6. The van der Waals surface area contributed by atoms with Crippen LogP contribution in [0.15, 0.2) is 41.6 Å². The Balaban J connectivity index is 2.09. The van der Waals surface area contributed by atoms with Gasteiger partial charge in [0.05, 0.1) is 4.88 Å². The fourth-order valence-corrected chi connectivity index (χ4v) is 2.80. The number of hydrogen-bond acceptors (Lipinski definition) is 4. The molecule has 0 atom stereocenters. The third kappa shape index (κ3) is 3.76. The molecule has 4 nitrogen and oxygen atoms in total. The second-order valence-corrected chi connectivity index (χ2v) is 5.93. The summed E-state index contributed by atoms with van der Waals surface area (Å²) in [6, 6.07) is 11.2. The second kappa shape index (κ2) is 7.13. The predicted molar refractivity (Wildman–Crippen MR) is 87.6 cm³/mol. The van der Waals surface area contributed by atoms with Crippen LogP contribution in [0.25, 0.3) is 0 Å². The van der Waals surface area contributed by atoms with Gasteiger partial charge in [0.2, 0.25) is 0 Å². The molecule has 1 aromatic heterocycles. The van der Waals surface area contributed by atoms with Gasteiger partial charge in [-0.15, -0.1) is 16.2 Å². The topological polar surface area (TPSA) is 49.7 Å². The number of thiophene rings is 1. The molecule has 0 aliphatic heterocycles. The van der Waals surface area contributed by atoms with Crippen LogP contribution in [0.2, 0.25) is 0 Å². The van der Waals surface area contributed by atoms with Gasteiger partial charge in [-0.05, 0) is 47.8 Å². The first kappa shape index (κ1) is 15.4. The van der Waals surface area contributed by atoms with E-state index in [1.54, 1.807) is 24.1 Å². The highest BCUT2D eigenvalue weighted by Gasteiger charge is 2.16. The van der Waals surface area contributed by atoms with E-state index in [-0.39, 0.29) is 5.91 Å². The molecule has 0 aliphatic carbocycles. The number of hydrogen-bond donors (Lipinski definition) is 0. The number of unbranched alkanes of at least 4 members (excludes halogenated alkanes) is 1. The Morgan fingerprint density at radius 2 is 1.90 bits per heavy atom. The standard InChI is InChI=1S/C16H18N2O2S/c1-3-4-5-12-6-8-13(9-7-12)18(2)16(19)14-10-11-15(17-20)21-14/h6-11H,3-5H2,1-2H3. The molecule has 0 spiro atoms. The van der Waals surface area contributed by atoms with Gasteiger partial charge >= 0.3 is 0 Å². The van der Waals surface area contributed by atoms with Crippen molar-refractivity contribution in [2.24, 2.45) is 5.18 Å². The number of nitrogens with zero attached hydrogens (tertiary/aromatic N) is 2. The lowest BCUT2D eigenvalue weighted by molar-refractivity contribution is 0.0997. The lowest BCUT2D eigenvalue weighted by atomic mass is 10.1. The molecular weight excluding hydrogens is 284 g/mol. The molecule has 1 amide bonds. The number of anilines is 1. The van der Waals surface area contributed by atoms with Crippen molar-refractivity contribution >= 4 is 27.9 Å². The van der Waals surface area contributed by atoms with Crippen LogP contribution in [-0.4, -0.2) is 13.0 Å². The molecule has 21 heavy (non-hydrogen) atoms. The Hall–Kier alpha value is -2.01. The number of amides is 1. The fraction of sp³-hybridized carbons (Fsp3) is 0.312. The fourth-order valence-electron chi connectivity index (χ4n) is 2.04. The van der Waals surface area contributed by atoms with Gasteiger partial charge in [-0.3, -0.25) is 4.79 Å². The minimum Gasteiger partial charge on any atom is -0.311 e. The van der Waals surface area contributed by atoms with Gasteiger partial charge in [-0.1, -0.05) is 25.5 Å². The first-order chi connectivity index (χ1) is 10.2. The molecule has 0 radical (unpaired) electrons. The number of benzene rings is 1. The van der Waals surface area contributed by atoms with E-state index >= 15 is 0 Å². The summed E-state index contributed by atoms with van der Waals surface area (Å²) >= 11 is 1.11. The SMILES string of the molecule is CCCCc1ccc(N(C)C(=O)c2ccc(N=O)s2)cc1. The lowest BCUT2D eigenvalue weighted by Crippen LogP contribution is -2.25. The third-order valence-electron chi connectivity index (χ3n) is 3.34. The average molecular weight is 302 g/mol. The molecule has 0 saturated heterocycles. The van der Waals surface area contributed by atoms with Crippen molar-refractivity contribution in [3.8, 4) is 0 Å². The quantitative estimate of drug-likeness (QED) is 0.722. The van der Waals surface area contributed by atoms with E-state index in [1.807, 2.05) is 12.1 Å². The van der Waals surface area contributed by atoms with E-state index in [1.165, 1.54) is 18.4 Å². The van der Waals surface area contributed by atoms with Crippen LogP contribution in [-0.2, 0) is 6.42 Å². The smallest absolute Gasteiger partial charge is 0.268 e. The molecule has 0 N–H and O–H groups in total. The van der Waals surface area contributed by atoms with Gasteiger partial charge in [0.25, 0.3) is 5.91 Å². The van der Waals surface area contributed by atoms with Gasteiger partial charge in [-0.2, -0.15) is 0 Å². The van der Waals surface area contributed by atoms with Gasteiger partial charge < -0.3 is 4.90 Å². The Morgan fingerprint density at radius 3 is 2.48 bits per heavy atom. The summed E-state index contributed by atoms with van der Waals surface area (Å²) in [5.41, 5.74) is 2.12. The Morgan fingerprint density at radius 1 is 1.19 bits per heavy atom. The maximum absolute atomic E-state index is 12.3. The van der Waals surface area contributed by atoms with Gasteiger partial charge in [0, 0.05) is 12.7 Å². The molecule has 0 aliphatic rings. The van der Waals surface area contributed by atoms with Crippen LogP contribution in [0.5, 0.6) is 0 Å². The zero-order valence-corrected chi connectivity index (χ0v) is 13.0. The summed E-state index contributed by atoms with van der Waals surface area (Å²) in [5, 5.41) is 3.16. The van der Waals surface area contributed by atoms with E-state index in [0.29, 0.717) is 9.88 Å². The molecule has 5 heteroatoms. The molecular formula is C16H18N2O2S. The predicted octanol–water partition coefficient (Wildman–Crippen LogP) is 4.77. The van der Waals surface area contributed by atoms with Crippen LogP contribution in [0.3, 0.4) is 0 Å². The molecule has 110 valence electrons. The molecule has 0 fully saturated rings. The first-order valence-electron chi connectivity index (χ1n) is 6.96. The van der Waals surface area contributed by atoms with Gasteiger partial charge in [-0.25, -0.2) is 0 Å². The van der Waals surface area contributed by atoms with E-state index in [4.69, 9.17) is 0 Å². The highest BCUT2D eigenvalue weighted by molar-refractivity contribution is 7.17. The Kier molecular flexibility index (Phi) is 5.22. The van der Waals surface area contributed by atoms with Crippen molar-refractivity contribution in [1.29, 1.82) is 0 Å². The van der Waals surface area contributed by atoms with E-state index in [0.717, 1.165) is 23.4 Å².